The Morgan fingerprint density at radius 1 is 1.00 bits per heavy atom. The Labute approximate surface area is 167 Å². The van der Waals surface area contributed by atoms with E-state index in [1.807, 2.05) is 6.07 Å². The van der Waals surface area contributed by atoms with Crippen LogP contribution in [0.2, 0.25) is 5.02 Å². The molecular weight excluding hydrogens is 374 g/mol. The first-order valence-corrected chi connectivity index (χ1v) is 9.94. The number of fused-ring (bicyclic) bond motifs is 2. The molecule has 0 unspecified atom stereocenters. The number of likely N-dealkylation sites (tertiary alicyclic amines) is 1. The summed E-state index contributed by atoms with van der Waals surface area (Å²) in [4.78, 5) is 32.7. The van der Waals surface area contributed by atoms with Crippen molar-refractivity contribution in [2.45, 2.75) is 25.4 Å². The van der Waals surface area contributed by atoms with Gasteiger partial charge in [-0.2, -0.15) is 0 Å². The van der Waals surface area contributed by atoms with Crippen LogP contribution in [0.5, 0.6) is 0 Å². The molecule has 0 aliphatic carbocycles. The first-order valence-electron chi connectivity index (χ1n) is 9.56. The maximum absolute atomic E-state index is 12.8. The third-order valence-electron chi connectivity index (χ3n) is 5.87. The fourth-order valence-electron chi connectivity index (χ4n) is 4.40. The van der Waals surface area contributed by atoms with Gasteiger partial charge in [-0.15, -0.1) is 0 Å². The maximum Gasteiger partial charge on any atom is 0.261 e. The zero-order chi connectivity index (χ0) is 19.3. The summed E-state index contributed by atoms with van der Waals surface area (Å²) in [6.45, 7) is 2.59. The number of aromatic amines is 1. The van der Waals surface area contributed by atoms with E-state index in [4.69, 9.17) is 11.6 Å². The zero-order valence-electron chi connectivity index (χ0n) is 15.3. The van der Waals surface area contributed by atoms with Crippen LogP contribution in [0.4, 0.5) is 0 Å². The van der Waals surface area contributed by atoms with E-state index in [-0.39, 0.29) is 17.9 Å². The van der Waals surface area contributed by atoms with Crippen LogP contribution in [-0.4, -0.2) is 45.7 Å². The number of carbonyl (C=O) groups excluding carboxylic acids is 2. The van der Waals surface area contributed by atoms with Crippen molar-refractivity contribution in [2.24, 2.45) is 0 Å². The number of halogens is 1. The highest BCUT2D eigenvalue weighted by atomic mass is 35.5. The molecular formula is C22H20ClN3O2. The lowest BCUT2D eigenvalue weighted by Gasteiger charge is -2.35. The first-order chi connectivity index (χ1) is 13.6. The van der Waals surface area contributed by atoms with E-state index >= 15 is 0 Å². The summed E-state index contributed by atoms with van der Waals surface area (Å²) in [5.74, 6) is -0.399. The molecule has 3 heterocycles. The summed E-state index contributed by atoms with van der Waals surface area (Å²) < 4.78 is 0. The SMILES string of the molecule is O=C1c2ccc(Cl)cc2C(=O)N1C1CCN(Cc2c[nH]c3ccccc23)CC1. The lowest BCUT2D eigenvalue weighted by molar-refractivity contribution is 0.0498. The van der Waals surface area contributed by atoms with Gasteiger partial charge < -0.3 is 4.98 Å². The Hall–Kier alpha value is -2.63. The molecule has 1 N–H and O–H groups in total. The Morgan fingerprint density at radius 2 is 1.75 bits per heavy atom. The van der Waals surface area contributed by atoms with Gasteiger partial charge in [-0.25, -0.2) is 0 Å². The van der Waals surface area contributed by atoms with Crippen LogP contribution in [0.1, 0.15) is 39.1 Å². The number of para-hydroxylation sites is 1. The number of amides is 2. The largest absolute Gasteiger partial charge is 0.361 e. The Morgan fingerprint density at radius 3 is 2.57 bits per heavy atom. The molecule has 142 valence electrons. The van der Waals surface area contributed by atoms with E-state index < -0.39 is 0 Å². The van der Waals surface area contributed by atoms with E-state index in [0.29, 0.717) is 16.1 Å². The van der Waals surface area contributed by atoms with Crippen LogP contribution in [0, 0.1) is 0 Å². The maximum atomic E-state index is 12.8. The fourth-order valence-corrected chi connectivity index (χ4v) is 4.57. The molecule has 2 amide bonds. The van der Waals surface area contributed by atoms with Crippen LogP contribution in [-0.2, 0) is 6.54 Å². The van der Waals surface area contributed by atoms with Crippen molar-refractivity contribution >= 4 is 34.3 Å². The lowest BCUT2D eigenvalue weighted by Crippen LogP contribution is -2.47. The minimum atomic E-state index is -0.211. The van der Waals surface area contributed by atoms with Gasteiger partial charge in [-0.1, -0.05) is 29.8 Å². The summed E-state index contributed by atoms with van der Waals surface area (Å²) in [7, 11) is 0. The number of rotatable bonds is 3. The normalized spacial score (nSPS) is 18.2. The molecule has 0 atom stereocenters. The number of hydrogen-bond acceptors (Lipinski definition) is 3. The molecule has 0 saturated carbocycles. The summed E-state index contributed by atoms with van der Waals surface area (Å²) in [6.07, 6.45) is 3.66. The summed E-state index contributed by atoms with van der Waals surface area (Å²) >= 11 is 6.01. The van der Waals surface area contributed by atoms with Crippen LogP contribution in [0.3, 0.4) is 0 Å². The molecule has 1 fully saturated rings. The van der Waals surface area contributed by atoms with E-state index in [1.54, 1.807) is 18.2 Å². The number of nitrogens with zero attached hydrogens (tertiary/aromatic N) is 2. The van der Waals surface area contributed by atoms with Gasteiger partial charge in [0.2, 0.25) is 0 Å². The number of nitrogens with one attached hydrogen (secondary N) is 1. The van der Waals surface area contributed by atoms with Crippen LogP contribution >= 0.6 is 11.6 Å². The Kier molecular flexibility index (Phi) is 4.22. The number of hydrogen-bond donors (Lipinski definition) is 1. The van der Waals surface area contributed by atoms with Crippen molar-refractivity contribution in [1.29, 1.82) is 0 Å². The van der Waals surface area contributed by atoms with E-state index in [0.717, 1.165) is 38.0 Å². The second kappa shape index (κ2) is 6.76. The Bertz CT molecular complexity index is 1080. The van der Waals surface area contributed by atoms with Crippen molar-refractivity contribution in [2.75, 3.05) is 13.1 Å². The van der Waals surface area contributed by atoms with Gasteiger partial charge in [0.1, 0.15) is 0 Å². The van der Waals surface area contributed by atoms with Gasteiger partial charge in [0.15, 0.2) is 0 Å². The van der Waals surface area contributed by atoms with Crippen LogP contribution in [0.25, 0.3) is 10.9 Å². The molecule has 1 saturated heterocycles. The van der Waals surface area contributed by atoms with Gasteiger partial charge in [-0.05, 0) is 42.7 Å². The Balaban J connectivity index is 1.28. The highest BCUT2D eigenvalue weighted by Crippen LogP contribution is 2.31. The number of aromatic nitrogens is 1. The van der Waals surface area contributed by atoms with E-state index in [2.05, 4.69) is 34.3 Å². The predicted molar refractivity (Wildman–Crippen MR) is 109 cm³/mol. The van der Waals surface area contributed by atoms with Gasteiger partial charge in [0.25, 0.3) is 11.8 Å². The first kappa shape index (κ1) is 17.5. The molecule has 28 heavy (non-hydrogen) atoms. The molecule has 0 spiro atoms. The number of H-pyrrole nitrogens is 1. The number of carbonyl (C=O) groups is 2. The van der Waals surface area contributed by atoms with Crippen molar-refractivity contribution in [1.82, 2.24) is 14.8 Å². The molecule has 5 nitrogen and oxygen atoms in total. The number of piperidine rings is 1. The standard InChI is InChI=1S/C22H20ClN3O2/c23-15-5-6-18-19(11-15)22(28)26(21(18)27)16-7-9-25(10-8-16)13-14-12-24-20-4-2-1-3-17(14)20/h1-6,11-12,16,24H,7-10,13H2. The topological polar surface area (TPSA) is 56.4 Å². The van der Waals surface area contributed by atoms with Crippen molar-refractivity contribution in [3.8, 4) is 0 Å². The average Bonchev–Trinajstić information content (AvgIpc) is 3.22. The quantitative estimate of drug-likeness (QED) is 0.682. The zero-order valence-corrected chi connectivity index (χ0v) is 16.1. The molecule has 2 aliphatic heterocycles. The van der Waals surface area contributed by atoms with Gasteiger partial charge >= 0.3 is 0 Å². The third kappa shape index (κ3) is 2.82. The minimum Gasteiger partial charge on any atom is -0.361 e. The summed E-state index contributed by atoms with van der Waals surface area (Å²) in [5.41, 5.74) is 3.33. The molecule has 0 bridgehead atoms. The van der Waals surface area contributed by atoms with Gasteiger partial charge in [0.05, 0.1) is 11.1 Å². The summed E-state index contributed by atoms with van der Waals surface area (Å²) in [6, 6.07) is 13.2. The molecule has 2 aliphatic rings. The highest BCUT2D eigenvalue weighted by molar-refractivity contribution is 6.32. The highest BCUT2D eigenvalue weighted by Gasteiger charge is 2.41. The number of benzene rings is 2. The van der Waals surface area contributed by atoms with Crippen LogP contribution < -0.4 is 0 Å². The molecule has 5 rings (SSSR count). The van der Waals surface area contributed by atoms with E-state index in [1.165, 1.54) is 15.8 Å². The molecule has 0 radical (unpaired) electrons. The lowest BCUT2D eigenvalue weighted by atomic mass is 10.0. The van der Waals surface area contributed by atoms with Crippen LogP contribution in [0.15, 0.2) is 48.7 Å². The molecule has 2 aromatic carbocycles. The second-order valence-electron chi connectivity index (χ2n) is 7.54. The number of imide groups is 1. The predicted octanol–water partition coefficient (Wildman–Crippen LogP) is 4.08. The van der Waals surface area contributed by atoms with Crippen molar-refractivity contribution in [3.05, 3.63) is 70.4 Å². The molecule has 1 aromatic heterocycles. The van der Waals surface area contributed by atoms with Gasteiger partial charge in [-0.3, -0.25) is 19.4 Å². The smallest absolute Gasteiger partial charge is 0.261 e. The summed E-state index contributed by atoms with van der Waals surface area (Å²) in [5, 5.41) is 1.73. The fraction of sp³-hybridized carbons (Fsp3) is 0.273. The van der Waals surface area contributed by atoms with Crippen molar-refractivity contribution < 1.29 is 9.59 Å². The minimum absolute atomic E-state index is 0.0506. The van der Waals surface area contributed by atoms with E-state index in [9.17, 15) is 9.59 Å². The van der Waals surface area contributed by atoms with Gasteiger partial charge in [0, 0.05) is 47.8 Å². The monoisotopic (exact) mass is 393 g/mol. The average molecular weight is 394 g/mol. The third-order valence-corrected chi connectivity index (χ3v) is 6.11. The molecule has 6 heteroatoms. The second-order valence-corrected chi connectivity index (χ2v) is 7.97. The molecule has 3 aromatic rings. The van der Waals surface area contributed by atoms with Crippen molar-refractivity contribution in [3.63, 3.8) is 0 Å².